The zero-order valence-corrected chi connectivity index (χ0v) is 13.1. The summed E-state index contributed by atoms with van der Waals surface area (Å²) < 4.78 is 40.7. The van der Waals surface area contributed by atoms with Crippen LogP contribution < -0.4 is 5.73 Å². The molecule has 0 spiro atoms. The molecule has 21 heavy (non-hydrogen) atoms. The van der Waals surface area contributed by atoms with Gasteiger partial charge in [-0.25, -0.2) is 4.68 Å². The molecule has 0 saturated heterocycles. The van der Waals surface area contributed by atoms with Crippen molar-refractivity contribution in [2.75, 3.05) is 0 Å². The van der Waals surface area contributed by atoms with Crippen LogP contribution in [-0.2, 0) is 13.2 Å². The Hall–Kier alpha value is -1.39. The topological polar surface area (TPSA) is 64.6 Å². The SMILES string of the molecule is Cc1[nH]n(-c2nn(C)c(C(F)(F)F)c2Cl)c(=S)c1C(N)=S. The summed E-state index contributed by atoms with van der Waals surface area (Å²) in [5, 5.41) is 5.97. The molecule has 114 valence electrons. The summed E-state index contributed by atoms with van der Waals surface area (Å²) in [5.41, 5.74) is 5.36. The van der Waals surface area contributed by atoms with E-state index in [0.717, 1.165) is 11.7 Å². The van der Waals surface area contributed by atoms with Crippen LogP contribution in [0.3, 0.4) is 0 Å². The average molecular weight is 356 g/mol. The van der Waals surface area contributed by atoms with E-state index in [9.17, 15) is 13.2 Å². The Morgan fingerprint density at radius 1 is 1.43 bits per heavy atom. The van der Waals surface area contributed by atoms with E-state index >= 15 is 0 Å². The molecule has 2 aromatic rings. The monoisotopic (exact) mass is 355 g/mol. The molecule has 2 heterocycles. The summed E-state index contributed by atoms with van der Waals surface area (Å²) in [5.74, 6) is -0.165. The van der Waals surface area contributed by atoms with Crippen molar-refractivity contribution in [3.63, 3.8) is 0 Å². The van der Waals surface area contributed by atoms with Gasteiger partial charge in [0.25, 0.3) is 0 Å². The van der Waals surface area contributed by atoms with E-state index in [4.69, 9.17) is 41.8 Å². The number of hydrogen-bond acceptors (Lipinski definition) is 3. The summed E-state index contributed by atoms with van der Waals surface area (Å²) in [6, 6.07) is 0. The first-order valence-electron chi connectivity index (χ1n) is 5.47. The van der Waals surface area contributed by atoms with E-state index in [2.05, 4.69) is 10.2 Å². The number of nitrogens with zero attached hydrogens (tertiary/aromatic N) is 3. The molecular weight excluding hydrogens is 347 g/mol. The molecule has 2 aromatic heterocycles. The molecule has 0 saturated carbocycles. The minimum Gasteiger partial charge on any atom is -0.389 e. The van der Waals surface area contributed by atoms with Crippen molar-refractivity contribution in [2.24, 2.45) is 12.8 Å². The third kappa shape index (κ3) is 2.58. The Morgan fingerprint density at radius 2 is 2.00 bits per heavy atom. The highest BCUT2D eigenvalue weighted by atomic mass is 35.5. The molecule has 0 amide bonds. The second-order valence-corrected chi connectivity index (χ2v) is 5.43. The highest BCUT2D eigenvalue weighted by Crippen LogP contribution is 2.37. The molecule has 5 nitrogen and oxygen atoms in total. The summed E-state index contributed by atoms with van der Waals surface area (Å²) in [6.45, 7) is 1.64. The lowest BCUT2D eigenvalue weighted by atomic mass is 10.3. The van der Waals surface area contributed by atoms with E-state index < -0.39 is 16.9 Å². The lowest BCUT2D eigenvalue weighted by molar-refractivity contribution is -0.143. The van der Waals surface area contributed by atoms with E-state index in [0.29, 0.717) is 15.9 Å². The first-order valence-corrected chi connectivity index (χ1v) is 6.66. The maximum absolute atomic E-state index is 12.9. The van der Waals surface area contributed by atoms with Gasteiger partial charge in [0.15, 0.2) is 11.5 Å². The standard InChI is InChI=1S/C10H9ClF3N5S2/c1-3-4(7(15)20)9(21)19(16-3)8-5(11)6(10(12,13)14)18(2)17-8/h16H,1-2H3,(H2,15,20). The Balaban J connectivity index is 2.74. The van der Waals surface area contributed by atoms with Gasteiger partial charge < -0.3 is 5.73 Å². The van der Waals surface area contributed by atoms with Gasteiger partial charge in [-0.05, 0) is 6.92 Å². The van der Waals surface area contributed by atoms with Crippen LogP contribution >= 0.6 is 36.0 Å². The van der Waals surface area contributed by atoms with Gasteiger partial charge >= 0.3 is 6.18 Å². The molecule has 0 aliphatic heterocycles. The molecular formula is C10H9ClF3N5S2. The zero-order chi connectivity index (χ0) is 16.1. The summed E-state index contributed by atoms with van der Waals surface area (Å²) in [6.07, 6.45) is -4.63. The molecule has 0 fully saturated rings. The average Bonchev–Trinajstić information content (AvgIpc) is 2.75. The first-order chi connectivity index (χ1) is 9.55. The fraction of sp³-hybridized carbons (Fsp3) is 0.300. The Bertz CT molecular complexity index is 786. The predicted molar refractivity (Wildman–Crippen MR) is 78.4 cm³/mol. The van der Waals surface area contributed by atoms with Crippen molar-refractivity contribution in [3.05, 3.63) is 26.6 Å². The van der Waals surface area contributed by atoms with Gasteiger partial charge in [-0.2, -0.15) is 18.3 Å². The number of thiocarbonyl (C=S) groups is 1. The van der Waals surface area contributed by atoms with Crippen molar-refractivity contribution in [2.45, 2.75) is 13.1 Å². The first kappa shape index (κ1) is 16.0. The van der Waals surface area contributed by atoms with Crippen molar-refractivity contribution >= 4 is 41.0 Å². The van der Waals surface area contributed by atoms with E-state index in [1.807, 2.05) is 0 Å². The fourth-order valence-corrected chi connectivity index (χ4v) is 2.98. The van der Waals surface area contributed by atoms with Crippen LogP contribution in [0.15, 0.2) is 0 Å². The molecule has 3 N–H and O–H groups in total. The lowest BCUT2D eigenvalue weighted by Crippen LogP contribution is -2.12. The molecule has 11 heteroatoms. The van der Waals surface area contributed by atoms with Crippen LogP contribution in [0.4, 0.5) is 13.2 Å². The van der Waals surface area contributed by atoms with Crippen molar-refractivity contribution in [1.29, 1.82) is 0 Å². The van der Waals surface area contributed by atoms with Crippen LogP contribution in [0.5, 0.6) is 0 Å². The maximum Gasteiger partial charge on any atom is 0.434 e. The zero-order valence-electron chi connectivity index (χ0n) is 10.7. The summed E-state index contributed by atoms with van der Waals surface area (Å²) >= 11 is 15.8. The van der Waals surface area contributed by atoms with Gasteiger partial charge in [0.2, 0.25) is 0 Å². The smallest absolute Gasteiger partial charge is 0.389 e. The van der Waals surface area contributed by atoms with Crippen LogP contribution in [0.25, 0.3) is 5.82 Å². The molecule has 0 unspecified atom stereocenters. The number of H-pyrrole nitrogens is 1. The van der Waals surface area contributed by atoms with Gasteiger partial charge in [0.05, 0.1) is 5.56 Å². The Morgan fingerprint density at radius 3 is 2.38 bits per heavy atom. The molecule has 0 atom stereocenters. The van der Waals surface area contributed by atoms with Crippen LogP contribution in [0.2, 0.25) is 5.02 Å². The number of alkyl halides is 3. The van der Waals surface area contributed by atoms with Gasteiger partial charge in [-0.3, -0.25) is 9.78 Å². The molecule has 0 aromatic carbocycles. The largest absolute Gasteiger partial charge is 0.434 e. The quantitative estimate of drug-likeness (QED) is 0.813. The van der Waals surface area contributed by atoms with Crippen LogP contribution in [0, 0.1) is 11.6 Å². The van der Waals surface area contributed by atoms with Gasteiger partial charge in [-0.1, -0.05) is 36.0 Å². The van der Waals surface area contributed by atoms with Gasteiger partial charge in [-0.15, -0.1) is 0 Å². The molecule has 0 radical (unpaired) electrons. The number of hydrogen-bond donors (Lipinski definition) is 2. The second kappa shape index (κ2) is 5.11. The number of nitrogens with one attached hydrogen (secondary N) is 1. The normalized spacial score (nSPS) is 11.9. The fourth-order valence-electron chi connectivity index (χ4n) is 1.92. The summed E-state index contributed by atoms with van der Waals surface area (Å²) in [4.78, 5) is 0.0376. The molecule has 0 aliphatic carbocycles. The third-order valence-corrected chi connectivity index (χ3v) is 3.71. The summed E-state index contributed by atoms with van der Waals surface area (Å²) in [7, 11) is 1.14. The number of aromatic amines is 1. The van der Waals surface area contributed by atoms with Crippen molar-refractivity contribution < 1.29 is 13.2 Å². The predicted octanol–water partition coefficient (Wildman–Crippen LogP) is 2.88. The Labute approximate surface area is 132 Å². The van der Waals surface area contributed by atoms with E-state index in [1.54, 1.807) is 6.92 Å². The minimum atomic E-state index is -4.63. The van der Waals surface area contributed by atoms with Gasteiger partial charge in [0, 0.05) is 12.7 Å². The number of halogens is 4. The van der Waals surface area contributed by atoms with Crippen molar-refractivity contribution in [1.82, 2.24) is 19.6 Å². The molecule has 0 aliphatic rings. The van der Waals surface area contributed by atoms with Crippen LogP contribution in [-0.4, -0.2) is 24.5 Å². The number of nitrogens with two attached hydrogens (primary N) is 1. The second-order valence-electron chi connectivity index (χ2n) is 4.22. The van der Waals surface area contributed by atoms with Crippen LogP contribution in [0.1, 0.15) is 17.0 Å². The third-order valence-electron chi connectivity index (χ3n) is 2.77. The highest BCUT2D eigenvalue weighted by molar-refractivity contribution is 7.80. The minimum absolute atomic E-state index is 0.0376. The number of rotatable bonds is 2. The van der Waals surface area contributed by atoms with E-state index in [1.165, 1.54) is 0 Å². The van der Waals surface area contributed by atoms with Crippen molar-refractivity contribution in [3.8, 4) is 5.82 Å². The number of aromatic nitrogens is 4. The lowest BCUT2D eigenvalue weighted by Gasteiger charge is -2.06. The van der Waals surface area contributed by atoms with Gasteiger partial charge in [0.1, 0.15) is 14.7 Å². The van der Waals surface area contributed by atoms with E-state index in [-0.39, 0.29) is 15.4 Å². The highest BCUT2D eigenvalue weighted by Gasteiger charge is 2.39. The maximum atomic E-state index is 12.9. The molecule has 0 bridgehead atoms. The molecule has 2 rings (SSSR count). The Kier molecular flexibility index (Phi) is 3.89. The number of aryl methyl sites for hydroxylation is 2.